The highest BCUT2D eigenvalue weighted by atomic mass is 16.5. The molecule has 0 saturated carbocycles. The molecule has 2 N–H and O–H groups in total. The monoisotopic (exact) mass is 453 g/mol. The van der Waals surface area contributed by atoms with Gasteiger partial charge in [0.25, 0.3) is 0 Å². The third kappa shape index (κ3) is 3.94. The first-order valence-corrected chi connectivity index (χ1v) is 11.0. The van der Waals surface area contributed by atoms with Gasteiger partial charge < -0.3 is 29.7 Å². The maximum atomic E-state index is 11.2. The number of benzene rings is 1. The standard InChI is InChI=1S/C22H27N7O4/c1-27-11-12-33-18-17(27)19(23-13-14-7-9-28(10-8-14)22(30)31)26-29-20(24-25-21(18)29)15-3-5-16(32-2)6-4-15/h3-6,14H,7-13H2,1-2H3,(H,23,26)(H,30,31). The summed E-state index contributed by atoms with van der Waals surface area (Å²) < 4.78 is 13.0. The van der Waals surface area contributed by atoms with E-state index in [0.717, 1.165) is 36.4 Å². The molecule has 3 aromatic rings. The van der Waals surface area contributed by atoms with Crippen molar-refractivity contribution in [3.05, 3.63) is 24.3 Å². The molecule has 0 unspecified atom stereocenters. The molecule has 1 fully saturated rings. The Morgan fingerprint density at radius 3 is 2.67 bits per heavy atom. The molecule has 33 heavy (non-hydrogen) atoms. The number of carboxylic acid groups (broad SMARTS) is 1. The van der Waals surface area contributed by atoms with Crippen LogP contribution in [0.2, 0.25) is 0 Å². The van der Waals surface area contributed by atoms with E-state index < -0.39 is 6.09 Å². The first-order valence-electron chi connectivity index (χ1n) is 11.0. The fourth-order valence-corrected chi connectivity index (χ4v) is 4.37. The van der Waals surface area contributed by atoms with Gasteiger partial charge in [-0.1, -0.05) is 0 Å². The Morgan fingerprint density at radius 1 is 1.21 bits per heavy atom. The highest BCUT2D eigenvalue weighted by molar-refractivity contribution is 5.82. The number of hydrogen-bond acceptors (Lipinski definition) is 8. The summed E-state index contributed by atoms with van der Waals surface area (Å²) in [6.07, 6.45) is 0.791. The number of methoxy groups -OCH3 is 1. The molecule has 5 rings (SSSR count). The molecular formula is C22H27N7O4. The Labute approximate surface area is 190 Å². The predicted octanol–water partition coefficient (Wildman–Crippen LogP) is 2.43. The molecule has 11 nitrogen and oxygen atoms in total. The number of hydrogen-bond donors (Lipinski definition) is 2. The van der Waals surface area contributed by atoms with E-state index in [1.165, 1.54) is 4.90 Å². The lowest BCUT2D eigenvalue weighted by Crippen LogP contribution is -2.39. The van der Waals surface area contributed by atoms with Gasteiger partial charge in [0.05, 0.1) is 13.7 Å². The van der Waals surface area contributed by atoms with Crippen molar-refractivity contribution in [1.82, 2.24) is 24.7 Å². The number of likely N-dealkylation sites (N-methyl/N-ethyl adjacent to an activating group) is 1. The third-order valence-corrected chi connectivity index (χ3v) is 6.33. The Balaban J connectivity index is 1.46. The second-order valence-corrected chi connectivity index (χ2v) is 8.38. The zero-order chi connectivity index (χ0) is 22.9. The second-order valence-electron chi connectivity index (χ2n) is 8.38. The minimum Gasteiger partial charge on any atom is -0.497 e. The number of likely N-dealkylation sites (tertiary alicyclic amines) is 1. The minimum absolute atomic E-state index is 0.366. The molecule has 174 valence electrons. The van der Waals surface area contributed by atoms with E-state index in [1.807, 2.05) is 31.3 Å². The summed E-state index contributed by atoms with van der Waals surface area (Å²) in [5.74, 6) is 3.11. The summed E-state index contributed by atoms with van der Waals surface area (Å²) in [5.41, 5.74) is 2.31. The number of nitrogens with zero attached hydrogens (tertiary/aromatic N) is 6. The molecule has 0 atom stereocenters. The molecule has 2 aromatic heterocycles. The zero-order valence-corrected chi connectivity index (χ0v) is 18.7. The molecule has 0 bridgehead atoms. The molecule has 2 aliphatic heterocycles. The van der Waals surface area contributed by atoms with Crippen LogP contribution in [0.15, 0.2) is 24.3 Å². The van der Waals surface area contributed by atoms with Crippen molar-refractivity contribution < 1.29 is 19.4 Å². The molecule has 1 amide bonds. The van der Waals surface area contributed by atoms with Crippen LogP contribution in [0, 0.1) is 5.92 Å². The van der Waals surface area contributed by atoms with Gasteiger partial charge in [0.1, 0.15) is 18.0 Å². The molecule has 11 heteroatoms. The maximum Gasteiger partial charge on any atom is 0.407 e. The summed E-state index contributed by atoms with van der Waals surface area (Å²) >= 11 is 0. The highest BCUT2D eigenvalue weighted by Gasteiger charge is 2.28. The van der Waals surface area contributed by atoms with Crippen LogP contribution in [0.4, 0.5) is 16.3 Å². The molecule has 1 aromatic carbocycles. The Bertz CT molecular complexity index is 1160. The number of amides is 1. The molecule has 0 radical (unpaired) electrons. The van der Waals surface area contributed by atoms with Gasteiger partial charge in [-0.3, -0.25) is 0 Å². The van der Waals surface area contributed by atoms with E-state index in [0.29, 0.717) is 55.2 Å². The topological polar surface area (TPSA) is 117 Å². The number of ether oxygens (including phenoxy) is 2. The van der Waals surface area contributed by atoms with Gasteiger partial charge in [0.2, 0.25) is 5.65 Å². The summed E-state index contributed by atoms with van der Waals surface area (Å²) in [6, 6.07) is 7.60. The number of aromatic nitrogens is 4. The van der Waals surface area contributed by atoms with Gasteiger partial charge in [-0.15, -0.1) is 15.3 Å². The van der Waals surface area contributed by atoms with Gasteiger partial charge in [-0.25, -0.2) is 4.79 Å². The van der Waals surface area contributed by atoms with Crippen molar-refractivity contribution in [2.24, 2.45) is 5.92 Å². The van der Waals surface area contributed by atoms with Gasteiger partial charge >= 0.3 is 6.09 Å². The van der Waals surface area contributed by atoms with Crippen LogP contribution < -0.4 is 19.7 Å². The minimum atomic E-state index is -0.847. The highest BCUT2D eigenvalue weighted by Crippen LogP contribution is 2.40. The van der Waals surface area contributed by atoms with Gasteiger partial charge in [-0.05, 0) is 43.0 Å². The van der Waals surface area contributed by atoms with Gasteiger partial charge in [0, 0.05) is 32.2 Å². The van der Waals surface area contributed by atoms with Crippen LogP contribution in [-0.4, -0.2) is 82.9 Å². The van der Waals surface area contributed by atoms with Crippen LogP contribution in [0.5, 0.6) is 11.5 Å². The largest absolute Gasteiger partial charge is 0.497 e. The van der Waals surface area contributed by atoms with Crippen LogP contribution in [0.1, 0.15) is 12.8 Å². The Morgan fingerprint density at radius 2 is 1.97 bits per heavy atom. The van der Waals surface area contributed by atoms with E-state index >= 15 is 0 Å². The van der Waals surface area contributed by atoms with Crippen LogP contribution >= 0.6 is 0 Å². The molecule has 2 aliphatic rings. The molecule has 1 saturated heterocycles. The van der Waals surface area contributed by atoms with Crippen molar-refractivity contribution >= 4 is 23.2 Å². The predicted molar refractivity (Wildman–Crippen MR) is 122 cm³/mol. The normalized spacial score (nSPS) is 16.4. The average molecular weight is 454 g/mol. The van der Waals surface area contributed by atoms with E-state index in [2.05, 4.69) is 20.4 Å². The Kier molecular flexibility index (Phi) is 5.53. The molecule has 4 heterocycles. The molecule has 0 spiro atoms. The number of fused-ring (bicyclic) bond motifs is 3. The lowest BCUT2D eigenvalue weighted by molar-refractivity contribution is 0.126. The first-order chi connectivity index (χ1) is 16.0. The number of piperidine rings is 1. The van der Waals surface area contributed by atoms with Crippen LogP contribution in [-0.2, 0) is 0 Å². The van der Waals surface area contributed by atoms with Crippen LogP contribution in [0.3, 0.4) is 0 Å². The first kappa shape index (κ1) is 21.1. The summed E-state index contributed by atoms with van der Waals surface area (Å²) in [4.78, 5) is 14.8. The van der Waals surface area contributed by atoms with Crippen LogP contribution in [0.25, 0.3) is 17.0 Å². The van der Waals surface area contributed by atoms with Crippen molar-refractivity contribution in [2.45, 2.75) is 12.8 Å². The number of nitrogens with one attached hydrogen (secondary N) is 1. The van der Waals surface area contributed by atoms with Crippen molar-refractivity contribution in [3.63, 3.8) is 0 Å². The van der Waals surface area contributed by atoms with Crippen molar-refractivity contribution in [3.8, 4) is 22.9 Å². The maximum absolute atomic E-state index is 11.2. The van der Waals surface area contributed by atoms with Gasteiger partial charge in [0.15, 0.2) is 17.4 Å². The van der Waals surface area contributed by atoms with Crippen molar-refractivity contribution in [1.29, 1.82) is 0 Å². The zero-order valence-electron chi connectivity index (χ0n) is 18.7. The number of carbonyl (C=O) groups is 1. The fourth-order valence-electron chi connectivity index (χ4n) is 4.37. The molecular weight excluding hydrogens is 426 g/mol. The van der Waals surface area contributed by atoms with E-state index in [9.17, 15) is 9.90 Å². The summed E-state index contributed by atoms with van der Waals surface area (Å²) in [6.45, 7) is 3.12. The van der Waals surface area contributed by atoms with Crippen molar-refractivity contribution in [2.75, 3.05) is 57.2 Å². The summed E-state index contributed by atoms with van der Waals surface area (Å²) in [5, 5.41) is 26.3. The smallest absolute Gasteiger partial charge is 0.407 e. The van der Waals surface area contributed by atoms with E-state index in [-0.39, 0.29) is 0 Å². The fraction of sp³-hybridized carbons (Fsp3) is 0.455. The number of rotatable bonds is 5. The Hall–Kier alpha value is -3.76. The third-order valence-electron chi connectivity index (χ3n) is 6.33. The van der Waals surface area contributed by atoms with E-state index in [4.69, 9.17) is 14.6 Å². The summed E-state index contributed by atoms with van der Waals surface area (Å²) in [7, 11) is 3.64. The lowest BCUT2D eigenvalue weighted by atomic mass is 9.97. The lowest BCUT2D eigenvalue weighted by Gasteiger charge is -2.32. The average Bonchev–Trinajstić information content (AvgIpc) is 3.27. The SMILES string of the molecule is COc1ccc(-c2nnc3c4c(c(NCC5CCN(C(=O)O)CC5)nn23)N(C)CCO4)cc1. The quantitative estimate of drug-likeness (QED) is 0.600. The second kappa shape index (κ2) is 8.64. The van der Waals surface area contributed by atoms with E-state index in [1.54, 1.807) is 11.6 Å². The van der Waals surface area contributed by atoms with Gasteiger partial charge in [-0.2, -0.15) is 4.52 Å². The molecule has 0 aliphatic carbocycles. The number of anilines is 2.